The molecule has 216 valence electrons. The molecule has 1 aromatic heterocycles. The maximum atomic E-state index is 13.9. The molecule has 12 heteroatoms. The molecule has 9 nitrogen and oxygen atoms in total. The second-order valence-electron chi connectivity index (χ2n) is 8.68. The van der Waals surface area contributed by atoms with Crippen molar-refractivity contribution >= 4 is 52.6 Å². The Morgan fingerprint density at radius 3 is 2.49 bits per heavy atom. The zero-order chi connectivity index (χ0) is 29.7. The number of aromatic nitrogens is 1. The van der Waals surface area contributed by atoms with Crippen LogP contribution in [0.2, 0.25) is 10.0 Å². The minimum Gasteiger partial charge on any atom is -0.490 e. The summed E-state index contributed by atoms with van der Waals surface area (Å²) in [6, 6.07) is 9.27. The van der Waals surface area contributed by atoms with Gasteiger partial charge in [0.15, 0.2) is 22.9 Å². The molecule has 0 bridgehead atoms. The number of ether oxygens (including phenoxy) is 4. The van der Waals surface area contributed by atoms with Crippen molar-refractivity contribution < 1.29 is 28.5 Å². The van der Waals surface area contributed by atoms with Crippen molar-refractivity contribution in [1.29, 1.82) is 0 Å². The van der Waals surface area contributed by atoms with E-state index in [-0.39, 0.29) is 41.0 Å². The molecule has 0 radical (unpaired) electrons. The van der Waals surface area contributed by atoms with E-state index in [0.717, 1.165) is 0 Å². The highest BCUT2D eigenvalue weighted by atomic mass is 35.5. The molecular formula is C29H28Cl2N2O7S. The summed E-state index contributed by atoms with van der Waals surface area (Å²) in [4.78, 5) is 43.7. The van der Waals surface area contributed by atoms with Crippen LogP contribution in [0, 0.1) is 0 Å². The molecule has 0 amide bonds. The molecule has 1 aliphatic rings. The predicted octanol–water partition coefficient (Wildman–Crippen LogP) is 4.45. The maximum Gasteiger partial charge on any atom is 0.344 e. The molecule has 1 aliphatic heterocycles. The highest BCUT2D eigenvalue weighted by Crippen LogP contribution is 2.37. The third-order valence-corrected chi connectivity index (χ3v) is 7.83. The number of carbonyl (C=O) groups is 2. The first kappa shape index (κ1) is 30.4. The highest BCUT2D eigenvalue weighted by molar-refractivity contribution is 7.07. The van der Waals surface area contributed by atoms with E-state index in [2.05, 4.69) is 4.99 Å². The van der Waals surface area contributed by atoms with Crippen LogP contribution in [0.3, 0.4) is 0 Å². The van der Waals surface area contributed by atoms with Crippen molar-refractivity contribution in [2.45, 2.75) is 33.7 Å². The van der Waals surface area contributed by atoms with Crippen LogP contribution in [0.5, 0.6) is 11.5 Å². The summed E-state index contributed by atoms with van der Waals surface area (Å²) >= 11 is 14.1. The molecule has 0 aliphatic carbocycles. The average Bonchev–Trinajstić information content (AvgIpc) is 3.23. The minimum absolute atomic E-state index is 0.150. The van der Waals surface area contributed by atoms with Crippen LogP contribution in [0.15, 0.2) is 57.5 Å². The molecule has 0 spiro atoms. The molecule has 0 fully saturated rings. The van der Waals surface area contributed by atoms with E-state index in [9.17, 15) is 14.4 Å². The molecule has 2 heterocycles. The van der Waals surface area contributed by atoms with Gasteiger partial charge in [0, 0.05) is 5.56 Å². The van der Waals surface area contributed by atoms with Crippen LogP contribution in [-0.4, -0.2) is 42.9 Å². The molecule has 0 saturated heterocycles. The molecule has 0 saturated carbocycles. The van der Waals surface area contributed by atoms with Gasteiger partial charge >= 0.3 is 11.9 Å². The summed E-state index contributed by atoms with van der Waals surface area (Å²) in [7, 11) is 0. The number of rotatable bonds is 10. The minimum atomic E-state index is -0.892. The van der Waals surface area contributed by atoms with Crippen molar-refractivity contribution in [3.8, 4) is 11.5 Å². The van der Waals surface area contributed by atoms with Gasteiger partial charge in [0.1, 0.15) is 6.04 Å². The van der Waals surface area contributed by atoms with E-state index >= 15 is 0 Å². The standard InChI is InChI=1S/C29H28Cl2N2O7S/c1-5-37-21-13-17(11-12-20(21)40-15-23(34)38-6-2)14-22-27(35)33-26(18-9-8-10-19(30)25(18)31)24(28(36)39-7-3)16(4)32-29(33)41-22/h8-14,26H,5-7,15H2,1-4H3/b22-14-/t26-/m0/s1. The molecule has 0 unspecified atom stereocenters. The lowest BCUT2D eigenvalue weighted by atomic mass is 9.96. The Labute approximate surface area is 250 Å². The van der Waals surface area contributed by atoms with E-state index < -0.39 is 18.0 Å². The van der Waals surface area contributed by atoms with Crippen molar-refractivity contribution in [3.63, 3.8) is 0 Å². The molecular weight excluding hydrogens is 591 g/mol. The van der Waals surface area contributed by atoms with Crippen LogP contribution in [0.1, 0.15) is 44.9 Å². The number of carbonyl (C=O) groups excluding carboxylic acids is 2. The number of hydrogen-bond acceptors (Lipinski definition) is 9. The number of thiazole rings is 1. The van der Waals surface area contributed by atoms with E-state index in [4.69, 9.17) is 42.1 Å². The lowest BCUT2D eigenvalue weighted by Crippen LogP contribution is -2.40. The van der Waals surface area contributed by atoms with Gasteiger partial charge in [-0.3, -0.25) is 9.36 Å². The fraction of sp³-hybridized carbons (Fsp3) is 0.310. The zero-order valence-corrected chi connectivity index (χ0v) is 25.2. The van der Waals surface area contributed by atoms with Crippen molar-refractivity contribution in [2.24, 2.45) is 4.99 Å². The highest BCUT2D eigenvalue weighted by Gasteiger charge is 2.34. The number of nitrogens with zero attached hydrogens (tertiary/aromatic N) is 2. The second-order valence-corrected chi connectivity index (χ2v) is 10.5. The number of halogens is 2. The van der Waals surface area contributed by atoms with Gasteiger partial charge in [0.2, 0.25) is 0 Å². The Balaban J connectivity index is 1.83. The van der Waals surface area contributed by atoms with Gasteiger partial charge in [0.25, 0.3) is 5.56 Å². The molecule has 0 N–H and O–H groups in total. The summed E-state index contributed by atoms with van der Waals surface area (Å²) < 4.78 is 23.3. The monoisotopic (exact) mass is 618 g/mol. The summed E-state index contributed by atoms with van der Waals surface area (Å²) in [6.07, 6.45) is 1.70. The Morgan fingerprint density at radius 2 is 1.78 bits per heavy atom. The molecule has 2 aromatic carbocycles. The van der Waals surface area contributed by atoms with Gasteiger partial charge in [0.05, 0.1) is 45.7 Å². The lowest BCUT2D eigenvalue weighted by molar-refractivity contribution is -0.145. The third-order valence-electron chi connectivity index (χ3n) is 6.01. The number of hydrogen-bond donors (Lipinski definition) is 0. The summed E-state index contributed by atoms with van der Waals surface area (Å²) in [5.41, 5.74) is 1.38. The fourth-order valence-corrected chi connectivity index (χ4v) is 5.77. The van der Waals surface area contributed by atoms with E-state index in [0.29, 0.717) is 44.3 Å². The average molecular weight is 620 g/mol. The van der Waals surface area contributed by atoms with Crippen LogP contribution in [0.4, 0.5) is 0 Å². The second kappa shape index (κ2) is 13.4. The number of allylic oxidation sites excluding steroid dienone is 1. The van der Waals surface area contributed by atoms with Gasteiger partial charge in [-0.1, -0.05) is 52.7 Å². The largest absolute Gasteiger partial charge is 0.490 e. The first-order chi connectivity index (χ1) is 19.7. The fourth-order valence-electron chi connectivity index (χ4n) is 4.31. The van der Waals surface area contributed by atoms with Crippen LogP contribution >= 0.6 is 34.5 Å². The number of esters is 2. The van der Waals surface area contributed by atoms with E-state index in [1.54, 1.807) is 63.2 Å². The Bertz CT molecular complexity index is 1690. The van der Waals surface area contributed by atoms with E-state index in [1.807, 2.05) is 6.92 Å². The van der Waals surface area contributed by atoms with Gasteiger partial charge in [-0.15, -0.1) is 0 Å². The van der Waals surface area contributed by atoms with Crippen LogP contribution in [-0.2, 0) is 19.1 Å². The third kappa shape index (κ3) is 6.50. The molecule has 3 aromatic rings. The van der Waals surface area contributed by atoms with Crippen LogP contribution in [0.25, 0.3) is 6.08 Å². The smallest absolute Gasteiger partial charge is 0.344 e. The van der Waals surface area contributed by atoms with Crippen molar-refractivity contribution in [3.05, 3.63) is 88.5 Å². The van der Waals surface area contributed by atoms with Crippen molar-refractivity contribution in [2.75, 3.05) is 26.4 Å². The van der Waals surface area contributed by atoms with Crippen molar-refractivity contribution in [1.82, 2.24) is 4.57 Å². The van der Waals surface area contributed by atoms with Crippen LogP contribution < -0.4 is 24.4 Å². The zero-order valence-electron chi connectivity index (χ0n) is 22.9. The Kier molecular flexibility index (Phi) is 9.90. The van der Waals surface area contributed by atoms with Gasteiger partial charge in [-0.05, 0) is 57.5 Å². The van der Waals surface area contributed by atoms with Gasteiger partial charge < -0.3 is 18.9 Å². The first-order valence-corrected chi connectivity index (χ1v) is 14.5. The number of fused-ring (bicyclic) bond motifs is 1. The number of benzene rings is 2. The van der Waals surface area contributed by atoms with Gasteiger partial charge in [-0.2, -0.15) is 0 Å². The topological polar surface area (TPSA) is 105 Å². The normalized spacial score (nSPS) is 14.8. The van der Waals surface area contributed by atoms with Gasteiger partial charge in [-0.25, -0.2) is 14.6 Å². The first-order valence-electron chi connectivity index (χ1n) is 12.9. The molecule has 1 atom stereocenters. The molecule has 41 heavy (non-hydrogen) atoms. The summed E-state index contributed by atoms with van der Waals surface area (Å²) in [5, 5.41) is 0.517. The summed E-state index contributed by atoms with van der Waals surface area (Å²) in [5.74, 6) is -0.318. The lowest BCUT2D eigenvalue weighted by Gasteiger charge is -2.25. The maximum absolute atomic E-state index is 13.9. The predicted molar refractivity (Wildman–Crippen MR) is 157 cm³/mol. The summed E-state index contributed by atoms with van der Waals surface area (Å²) in [6.45, 7) is 7.43. The van der Waals surface area contributed by atoms with E-state index in [1.165, 1.54) is 15.9 Å². The Morgan fingerprint density at radius 1 is 1.02 bits per heavy atom. The molecule has 4 rings (SSSR count). The Hall–Kier alpha value is -3.60. The SMILES string of the molecule is CCOC(=O)COc1ccc(/C=c2\sc3n(c2=O)[C@@H](c2cccc(Cl)c2Cl)C(C(=O)OCC)=C(C)N=3)cc1OCC. The quantitative estimate of drug-likeness (QED) is 0.309.